The van der Waals surface area contributed by atoms with Gasteiger partial charge in [0.25, 0.3) is 0 Å². The van der Waals surface area contributed by atoms with Crippen LogP contribution >= 0.6 is 0 Å². The standard InChI is InChI=1S/C8H15F3N2O2/c1-13(4-2-7(14)15)5-3-12-6-8(9,10)11/h12H,2-6H2,1H3,(H,14,15). The third kappa shape index (κ3) is 11.1. The van der Waals surface area contributed by atoms with Gasteiger partial charge < -0.3 is 15.3 Å². The molecule has 0 spiro atoms. The zero-order valence-corrected chi connectivity index (χ0v) is 8.47. The summed E-state index contributed by atoms with van der Waals surface area (Å²) in [6, 6.07) is 0. The molecule has 0 bridgehead atoms. The van der Waals surface area contributed by atoms with E-state index in [0.29, 0.717) is 13.1 Å². The first kappa shape index (κ1) is 14.2. The molecule has 0 fully saturated rings. The van der Waals surface area contributed by atoms with Crippen molar-refractivity contribution in [2.45, 2.75) is 12.6 Å². The summed E-state index contributed by atoms with van der Waals surface area (Å²) in [5.74, 6) is -0.912. The van der Waals surface area contributed by atoms with Gasteiger partial charge in [-0.15, -0.1) is 0 Å². The molecule has 7 heteroatoms. The van der Waals surface area contributed by atoms with Crippen LogP contribution in [0.1, 0.15) is 6.42 Å². The molecule has 15 heavy (non-hydrogen) atoms. The predicted octanol–water partition coefficient (Wildman–Crippen LogP) is 0.545. The highest BCUT2D eigenvalue weighted by atomic mass is 19.4. The molecule has 0 aliphatic heterocycles. The fraction of sp³-hybridized carbons (Fsp3) is 0.875. The van der Waals surface area contributed by atoms with Gasteiger partial charge in [-0.3, -0.25) is 4.79 Å². The summed E-state index contributed by atoms with van der Waals surface area (Å²) in [4.78, 5) is 11.8. The predicted molar refractivity (Wildman–Crippen MR) is 48.7 cm³/mol. The normalized spacial score (nSPS) is 12.1. The Labute approximate surface area is 86.1 Å². The van der Waals surface area contributed by atoms with Gasteiger partial charge in [0.2, 0.25) is 0 Å². The number of hydrogen-bond donors (Lipinski definition) is 2. The Morgan fingerprint density at radius 1 is 1.40 bits per heavy atom. The number of nitrogens with one attached hydrogen (secondary N) is 1. The van der Waals surface area contributed by atoms with Crippen LogP contribution in [0.2, 0.25) is 0 Å². The quantitative estimate of drug-likeness (QED) is 0.625. The van der Waals surface area contributed by atoms with Crippen LogP contribution in [0.3, 0.4) is 0 Å². The van der Waals surface area contributed by atoms with Crippen molar-refractivity contribution in [3.05, 3.63) is 0 Å². The Kier molecular flexibility index (Phi) is 6.26. The van der Waals surface area contributed by atoms with Gasteiger partial charge in [0, 0.05) is 19.6 Å². The number of likely N-dealkylation sites (N-methyl/N-ethyl adjacent to an activating group) is 1. The van der Waals surface area contributed by atoms with Crippen molar-refractivity contribution in [2.75, 3.05) is 33.2 Å². The van der Waals surface area contributed by atoms with E-state index in [0.717, 1.165) is 0 Å². The molecule has 0 aromatic carbocycles. The molecule has 0 saturated carbocycles. The van der Waals surface area contributed by atoms with Crippen molar-refractivity contribution in [2.24, 2.45) is 0 Å². The maximum Gasteiger partial charge on any atom is 0.401 e. The van der Waals surface area contributed by atoms with Crippen molar-refractivity contribution >= 4 is 5.97 Å². The van der Waals surface area contributed by atoms with Crippen LogP contribution in [0.4, 0.5) is 13.2 Å². The third-order valence-corrected chi connectivity index (χ3v) is 1.70. The molecule has 90 valence electrons. The third-order valence-electron chi connectivity index (χ3n) is 1.70. The maximum atomic E-state index is 11.7. The molecule has 0 atom stereocenters. The number of hydrogen-bond acceptors (Lipinski definition) is 3. The van der Waals surface area contributed by atoms with E-state index >= 15 is 0 Å². The Bertz CT molecular complexity index is 197. The molecule has 2 N–H and O–H groups in total. The van der Waals surface area contributed by atoms with Crippen LogP contribution in [0.5, 0.6) is 0 Å². The lowest BCUT2D eigenvalue weighted by molar-refractivity contribution is -0.137. The summed E-state index contributed by atoms with van der Waals surface area (Å²) in [5, 5.41) is 10.6. The smallest absolute Gasteiger partial charge is 0.401 e. The lowest BCUT2D eigenvalue weighted by Gasteiger charge is -2.16. The first-order chi connectivity index (χ1) is 6.81. The molecule has 0 aromatic heterocycles. The van der Waals surface area contributed by atoms with E-state index in [2.05, 4.69) is 5.32 Å². The van der Waals surface area contributed by atoms with Gasteiger partial charge in [-0.2, -0.15) is 13.2 Å². The van der Waals surface area contributed by atoms with Crippen LogP contribution in [0.15, 0.2) is 0 Å². The van der Waals surface area contributed by atoms with Gasteiger partial charge in [-0.25, -0.2) is 0 Å². The number of aliphatic carboxylic acids is 1. The van der Waals surface area contributed by atoms with E-state index in [9.17, 15) is 18.0 Å². The van der Waals surface area contributed by atoms with Gasteiger partial charge in [0.15, 0.2) is 0 Å². The van der Waals surface area contributed by atoms with Crippen molar-refractivity contribution in [1.82, 2.24) is 10.2 Å². The summed E-state index contributed by atoms with van der Waals surface area (Å²) in [6.07, 6.45) is -4.20. The van der Waals surface area contributed by atoms with E-state index in [1.54, 1.807) is 11.9 Å². The molecule has 0 radical (unpaired) electrons. The second-order valence-corrected chi connectivity index (χ2v) is 3.24. The molecule has 4 nitrogen and oxygen atoms in total. The summed E-state index contributed by atoms with van der Waals surface area (Å²) < 4.78 is 35.0. The minimum absolute atomic E-state index is 0.00420. The zero-order valence-electron chi connectivity index (χ0n) is 8.47. The zero-order chi connectivity index (χ0) is 11.9. The minimum Gasteiger partial charge on any atom is -0.481 e. The van der Waals surface area contributed by atoms with Gasteiger partial charge >= 0.3 is 12.1 Å². The van der Waals surface area contributed by atoms with Gasteiger partial charge in [0.05, 0.1) is 13.0 Å². The molecule has 0 aliphatic carbocycles. The van der Waals surface area contributed by atoms with Gasteiger partial charge in [0.1, 0.15) is 0 Å². The minimum atomic E-state index is -4.19. The van der Waals surface area contributed by atoms with Crippen LogP contribution in [-0.2, 0) is 4.79 Å². The summed E-state index contributed by atoms with van der Waals surface area (Å²) in [6.45, 7) is -0.0954. The topological polar surface area (TPSA) is 52.6 Å². The first-order valence-electron chi connectivity index (χ1n) is 4.49. The summed E-state index contributed by atoms with van der Waals surface area (Å²) in [7, 11) is 1.66. The summed E-state index contributed by atoms with van der Waals surface area (Å²) >= 11 is 0. The molecule has 0 heterocycles. The first-order valence-corrected chi connectivity index (χ1v) is 4.49. The van der Waals surface area contributed by atoms with E-state index in [1.807, 2.05) is 0 Å². The number of nitrogens with zero attached hydrogens (tertiary/aromatic N) is 1. The Morgan fingerprint density at radius 2 is 2.00 bits per heavy atom. The molecule has 0 unspecified atom stereocenters. The molecule has 0 aromatic rings. The van der Waals surface area contributed by atoms with Crippen molar-refractivity contribution in [3.63, 3.8) is 0 Å². The average molecular weight is 228 g/mol. The number of carbonyl (C=O) groups is 1. The number of carboxylic acid groups (broad SMARTS) is 1. The van der Waals surface area contributed by atoms with E-state index in [1.165, 1.54) is 0 Å². The number of rotatable bonds is 7. The number of halogens is 3. The largest absolute Gasteiger partial charge is 0.481 e. The summed E-state index contributed by atoms with van der Waals surface area (Å²) in [5.41, 5.74) is 0. The lowest BCUT2D eigenvalue weighted by atomic mass is 10.4. The Morgan fingerprint density at radius 3 is 2.47 bits per heavy atom. The number of carboxylic acids is 1. The van der Waals surface area contributed by atoms with E-state index in [4.69, 9.17) is 5.11 Å². The molecule has 0 aliphatic rings. The maximum absolute atomic E-state index is 11.7. The van der Waals surface area contributed by atoms with E-state index in [-0.39, 0.29) is 13.0 Å². The van der Waals surface area contributed by atoms with Crippen LogP contribution in [0.25, 0.3) is 0 Å². The van der Waals surface area contributed by atoms with Crippen molar-refractivity contribution in [3.8, 4) is 0 Å². The fourth-order valence-electron chi connectivity index (χ4n) is 0.898. The number of alkyl halides is 3. The van der Waals surface area contributed by atoms with Crippen molar-refractivity contribution in [1.29, 1.82) is 0 Å². The SMILES string of the molecule is CN(CCNCC(F)(F)F)CCC(=O)O. The highest BCUT2D eigenvalue weighted by molar-refractivity contribution is 5.66. The second-order valence-electron chi connectivity index (χ2n) is 3.24. The molecular weight excluding hydrogens is 213 g/mol. The second kappa shape index (κ2) is 6.62. The van der Waals surface area contributed by atoms with Crippen LogP contribution in [-0.4, -0.2) is 55.4 Å². The fourth-order valence-corrected chi connectivity index (χ4v) is 0.898. The molecular formula is C8H15F3N2O2. The Hall–Kier alpha value is -0.820. The van der Waals surface area contributed by atoms with Gasteiger partial charge in [-0.1, -0.05) is 0 Å². The van der Waals surface area contributed by atoms with Crippen LogP contribution < -0.4 is 5.32 Å². The molecule has 0 amide bonds. The lowest BCUT2D eigenvalue weighted by Crippen LogP contribution is -2.35. The highest BCUT2D eigenvalue weighted by Crippen LogP contribution is 2.11. The highest BCUT2D eigenvalue weighted by Gasteiger charge is 2.25. The van der Waals surface area contributed by atoms with Crippen molar-refractivity contribution < 1.29 is 23.1 Å². The Balaban J connectivity index is 3.39. The molecule has 0 saturated heterocycles. The van der Waals surface area contributed by atoms with Gasteiger partial charge in [-0.05, 0) is 7.05 Å². The average Bonchev–Trinajstić information content (AvgIpc) is 2.07. The monoisotopic (exact) mass is 228 g/mol. The van der Waals surface area contributed by atoms with Crippen LogP contribution in [0, 0.1) is 0 Å². The van der Waals surface area contributed by atoms with E-state index < -0.39 is 18.7 Å². The molecule has 0 rings (SSSR count).